The molecule has 0 aromatic heterocycles. The molecule has 0 aliphatic heterocycles. The van der Waals surface area contributed by atoms with Crippen LogP contribution in [-0.2, 0) is 0 Å². The normalized spacial score (nSPS) is 12.2. The first-order valence-corrected chi connectivity index (χ1v) is 6.40. The molecule has 0 aliphatic rings. The van der Waals surface area contributed by atoms with E-state index < -0.39 is 17.7 Å². The molecule has 2 nitrogen and oxygen atoms in total. The first-order valence-electron chi connectivity index (χ1n) is 6.40. The Kier molecular flexibility index (Phi) is 4.35. The molecule has 0 radical (unpaired) electrons. The van der Waals surface area contributed by atoms with E-state index in [1.807, 2.05) is 0 Å². The zero-order valence-electron chi connectivity index (χ0n) is 11.4. The lowest BCUT2D eigenvalue weighted by molar-refractivity contribution is 0.201. The van der Waals surface area contributed by atoms with Crippen LogP contribution in [0.25, 0.3) is 0 Å². The van der Waals surface area contributed by atoms with E-state index in [1.165, 1.54) is 13.0 Å². The maximum Gasteiger partial charge on any atom is 0.135 e. The van der Waals surface area contributed by atoms with Gasteiger partial charge in [-0.15, -0.1) is 0 Å². The van der Waals surface area contributed by atoms with Gasteiger partial charge in [-0.05, 0) is 31.5 Å². The molecule has 20 heavy (non-hydrogen) atoms. The number of benzene rings is 2. The SMILES string of the molecule is CCOc1ccccc1C(O)c1c(F)ccc(C)c1F. The van der Waals surface area contributed by atoms with Gasteiger partial charge < -0.3 is 9.84 Å². The maximum atomic E-state index is 14.1. The van der Waals surface area contributed by atoms with Gasteiger partial charge in [-0.1, -0.05) is 24.3 Å². The van der Waals surface area contributed by atoms with Crippen molar-refractivity contribution in [2.75, 3.05) is 6.61 Å². The summed E-state index contributed by atoms with van der Waals surface area (Å²) in [5.41, 5.74) is 0.282. The first-order chi connectivity index (χ1) is 9.56. The van der Waals surface area contributed by atoms with Crippen molar-refractivity contribution in [3.63, 3.8) is 0 Å². The van der Waals surface area contributed by atoms with Crippen LogP contribution in [0, 0.1) is 18.6 Å². The lowest BCUT2D eigenvalue weighted by Gasteiger charge is -2.17. The van der Waals surface area contributed by atoms with Crippen LogP contribution >= 0.6 is 0 Å². The van der Waals surface area contributed by atoms with Gasteiger partial charge in [0.15, 0.2) is 0 Å². The fourth-order valence-corrected chi connectivity index (χ4v) is 2.08. The smallest absolute Gasteiger partial charge is 0.135 e. The lowest BCUT2D eigenvalue weighted by Crippen LogP contribution is -2.09. The number of aryl methyl sites for hydroxylation is 1. The fourth-order valence-electron chi connectivity index (χ4n) is 2.08. The molecule has 0 spiro atoms. The summed E-state index contributed by atoms with van der Waals surface area (Å²) in [6.45, 7) is 3.74. The van der Waals surface area contributed by atoms with Gasteiger partial charge >= 0.3 is 0 Å². The molecule has 2 aromatic rings. The molecule has 1 unspecified atom stereocenters. The van der Waals surface area contributed by atoms with Crippen molar-refractivity contribution in [3.05, 3.63) is 64.7 Å². The Bertz CT molecular complexity index is 611. The molecule has 1 atom stereocenters. The van der Waals surface area contributed by atoms with Crippen molar-refractivity contribution in [2.24, 2.45) is 0 Å². The number of aliphatic hydroxyl groups excluding tert-OH is 1. The zero-order valence-corrected chi connectivity index (χ0v) is 11.4. The minimum Gasteiger partial charge on any atom is -0.493 e. The van der Waals surface area contributed by atoms with Crippen molar-refractivity contribution in [3.8, 4) is 5.75 Å². The van der Waals surface area contributed by atoms with Gasteiger partial charge in [-0.25, -0.2) is 8.78 Å². The summed E-state index contributed by atoms with van der Waals surface area (Å²) in [6, 6.07) is 9.18. The zero-order chi connectivity index (χ0) is 14.7. The van der Waals surface area contributed by atoms with Crippen LogP contribution in [0.15, 0.2) is 36.4 Å². The molecule has 1 N–H and O–H groups in total. The molecule has 2 aromatic carbocycles. The highest BCUT2D eigenvalue weighted by molar-refractivity contribution is 5.42. The number of hydrogen-bond acceptors (Lipinski definition) is 2. The number of para-hydroxylation sites is 1. The largest absolute Gasteiger partial charge is 0.493 e. The molecule has 0 amide bonds. The van der Waals surface area contributed by atoms with Crippen LogP contribution in [0.5, 0.6) is 5.75 Å². The lowest BCUT2D eigenvalue weighted by atomic mass is 9.98. The van der Waals surface area contributed by atoms with Crippen molar-refractivity contribution >= 4 is 0 Å². The van der Waals surface area contributed by atoms with E-state index in [9.17, 15) is 13.9 Å². The third-order valence-corrected chi connectivity index (χ3v) is 3.11. The second kappa shape index (κ2) is 6.01. The molecule has 0 saturated carbocycles. The van der Waals surface area contributed by atoms with E-state index in [-0.39, 0.29) is 11.1 Å². The monoisotopic (exact) mass is 278 g/mol. The van der Waals surface area contributed by atoms with Gasteiger partial charge in [0.2, 0.25) is 0 Å². The molecule has 0 aliphatic carbocycles. The Morgan fingerprint density at radius 3 is 2.55 bits per heavy atom. The fraction of sp³-hybridized carbons (Fsp3) is 0.250. The second-order valence-electron chi connectivity index (χ2n) is 4.47. The quantitative estimate of drug-likeness (QED) is 0.923. The average Bonchev–Trinajstić information content (AvgIpc) is 2.44. The Morgan fingerprint density at radius 2 is 1.85 bits per heavy atom. The van der Waals surface area contributed by atoms with Crippen LogP contribution in [0.4, 0.5) is 8.78 Å². The molecule has 0 saturated heterocycles. The van der Waals surface area contributed by atoms with Crippen LogP contribution in [0.2, 0.25) is 0 Å². The molecular weight excluding hydrogens is 262 g/mol. The third kappa shape index (κ3) is 2.65. The molecule has 0 fully saturated rings. The standard InChI is InChI=1S/C16H16F2O2/c1-3-20-13-7-5-4-6-11(13)16(19)14-12(17)9-8-10(2)15(14)18/h4-9,16,19H,3H2,1-2H3. The molecule has 0 heterocycles. The first kappa shape index (κ1) is 14.5. The number of rotatable bonds is 4. The molecule has 106 valence electrons. The van der Waals surface area contributed by atoms with Crippen LogP contribution in [-0.4, -0.2) is 11.7 Å². The van der Waals surface area contributed by atoms with Gasteiger partial charge in [0.1, 0.15) is 23.5 Å². The second-order valence-corrected chi connectivity index (χ2v) is 4.47. The minimum atomic E-state index is -1.40. The topological polar surface area (TPSA) is 29.5 Å². The van der Waals surface area contributed by atoms with E-state index in [1.54, 1.807) is 31.2 Å². The summed E-state index contributed by atoms with van der Waals surface area (Å²) in [6.07, 6.45) is -1.40. The van der Waals surface area contributed by atoms with Crippen LogP contribution < -0.4 is 4.74 Å². The minimum absolute atomic E-state index is 0.286. The van der Waals surface area contributed by atoms with Gasteiger partial charge in [-0.3, -0.25) is 0 Å². The Balaban J connectivity index is 2.52. The van der Waals surface area contributed by atoms with E-state index in [0.717, 1.165) is 6.07 Å². The van der Waals surface area contributed by atoms with E-state index in [4.69, 9.17) is 4.74 Å². The summed E-state index contributed by atoms with van der Waals surface area (Å²) in [4.78, 5) is 0. The van der Waals surface area contributed by atoms with Gasteiger partial charge in [0, 0.05) is 5.56 Å². The summed E-state index contributed by atoms with van der Waals surface area (Å²) in [5, 5.41) is 10.3. The van der Waals surface area contributed by atoms with Crippen LogP contribution in [0.1, 0.15) is 29.7 Å². The average molecular weight is 278 g/mol. The number of halogens is 2. The summed E-state index contributed by atoms with van der Waals surface area (Å²) < 4.78 is 33.3. The third-order valence-electron chi connectivity index (χ3n) is 3.11. The highest BCUT2D eigenvalue weighted by Crippen LogP contribution is 2.33. The van der Waals surface area contributed by atoms with Crippen molar-refractivity contribution in [1.82, 2.24) is 0 Å². The summed E-state index contributed by atoms with van der Waals surface area (Å²) >= 11 is 0. The Hall–Kier alpha value is -1.94. The number of ether oxygens (including phenoxy) is 1. The molecule has 2 rings (SSSR count). The summed E-state index contributed by atoms with van der Waals surface area (Å²) in [7, 11) is 0. The molecular formula is C16H16F2O2. The molecule has 4 heteroatoms. The molecule has 0 bridgehead atoms. The van der Waals surface area contributed by atoms with E-state index in [2.05, 4.69) is 0 Å². The predicted octanol–water partition coefficient (Wildman–Crippen LogP) is 3.75. The number of aliphatic hydroxyl groups is 1. The summed E-state index contributed by atoms with van der Waals surface area (Å²) in [5.74, 6) is -1.08. The van der Waals surface area contributed by atoms with Crippen LogP contribution in [0.3, 0.4) is 0 Å². The predicted molar refractivity (Wildman–Crippen MR) is 72.8 cm³/mol. The highest BCUT2D eigenvalue weighted by Gasteiger charge is 2.23. The van der Waals surface area contributed by atoms with Gasteiger partial charge in [0.05, 0.1) is 12.2 Å². The Labute approximate surface area is 116 Å². The number of hydrogen-bond donors (Lipinski definition) is 1. The Morgan fingerprint density at radius 1 is 1.15 bits per heavy atom. The van der Waals surface area contributed by atoms with E-state index in [0.29, 0.717) is 17.9 Å². The van der Waals surface area contributed by atoms with Gasteiger partial charge in [-0.2, -0.15) is 0 Å². The van der Waals surface area contributed by atoms with Gasteiger partial charge in [0.25, 0.3) is 0 Å². The highest BCUT2D eigenvalue weighted by atomic mass is 19.1. The van der Waals surface area contributed by atoms with Crippen molar-refractivity contribution < 1.29 is 18.6 Å². The maximum absolute atomic E-state index is 14.1. The van der Waals surface area contributed by atoms with Crippen molar-refractivity contribution in [2.45, 2.75) is 20.0 Å². The van der Waals surface area contributed by atoms with E-state index >= 15 is 0 Å². The van der Waals surface area contributed by atoms with Crippen molar-refractivity contribution in [1.29, 1.82) is 0 Å².